The number of piperidine rings is 1. The van der Waals surface area contributed by atoms with Gasteiger partial charge >= 0.3 is 0 Å². The van der Waals surface area contributed by atoms with Crippen molar-refractivity contribution >= 4 is 0 Å². The zero-order valence-corrected chi connectivity index (χ0v) is 12.2. The van der Waals surface area contributed by atoms with Gasteiger partial charge in [-0.25, -0.2) is 0 Å². The van der Waals surface area contributed by atoms with Crippen molar-refractivity contribution in [3.05, 3.63) is 29.8 Å². The van der Waals surface area contributed by atoms with E-state index in [1.165, 1.54) is 18.4 Å². The highest BCUT2D eigenvalue weighted by molar-refractivity contribution is 5.27. The van der Waals surface area contributed by atoms with Crippen LogP contribution < -0.4 is 10.1 Å². The van der Waals surface area contributed by atoms with Crippen molar-refractivity contribution in [2.45, 2.75) is 32.2 Å². The van der Waals surface area contributed by atoms with Crippen LogP contribution in [-0.4, -0.2) is 44.2 Å². The Hall–Kier alpha value is -1.06. The Morgan fingerprint density at radius 3 is 2.53 bits per heavy atom. The molecule has 1 aliphatic heterocycles. The molecule has 0 spiro atoms. The van der Waals surface area contributed by atoms with Crippen LogP contribution in [0.15, 0.2) is 24.3 Å². The van der Waals surface area contributed by atoms with Crippen molar-refractivity contribution in [2.24, 2.45) is 0 Å². The SMILES string of the molecule is CCOc1ccc(CCN(C)C2CCNCC2)cc1. The van der Waals surface area contributed by atoms with Crippen LogP contribution in [0.4, 0.5) is 0 Å². The summed E-state index contributed by atoms with van der Waals surface area (Å²) in [5.41, 5.74) is 1.39. The summed E-state index contributed by atoms with van der Waals surface area (Å²) < 4.78 is 5.46. The van der Waals surface area contributed by atoms with Gasteiger partial charge in [0.25, 0.3) is 0 Å². The first-order chi connectivity index (χ1) is 9.29. The van der Waals surface area contributed by atoms with Crippen LogP contribution in [0.25, 0.3) is 0 Å². The Bertz CT molecular complexity index is 358. The maximum absolute atomic E-state index is 5.46. The number of hydrogen-bond donors (Lipinski definition) is 1. The Labute approximate surface area is 116 Å². The van der Waals surface area contributed by atoms with Gasteiger partial charge in [-0.1, -0.05) is 12.1 Å². The second kappa shape index (κ2) is 7.51. The third-order valence-electron chi connectivity index (χ3n) is 3.92. The number of hydrogen-bond acceptors (Lipinski definition) is 3. The van der Waals surface area contributed by atoms with Gasteiger partial charge < -0.3 is 15.0 Å². The Balaban J connectivity index is 1.77. The van der Waals surface area contributed by atoms with Gasteiger partial charge in [-0.15, -0.1) is 0 Å². The first-order valence-electron chi connectivity index (χ1n) is 7.42. The predicted octanol–water partition coefficient (Wildman–Crippen LogP) is 2.31. The maximum Gasteiger partial charge on any atom is 0.119 e. The molecule has 1 aliphatic rings. The molecule has 106 valence electrons. The van der Waals surface area contributed by atoms with E-state index < -0.39 is 0 Å². The minimum Gasteiger partial charge on any atom is -0.494 e. The molecule has 0 bridgehead atoms. The lowest BCUT2D eigenvalue weighted by atomic mass is 10.0. The summed E-state index contributed by atoms with van der Waals surface area (Å²) >= 11 is 0. The molecule has 1 heterocycles. The molecule has 0 amide bonds. The standard InChI is InChI=1S/C16H26N2O/c1-3-19-16-6-4-14(5-7-16)10-13-18(2)15-8-11-17-12-9-15/h4-7,15,17H,3,8-13H2,1-2H3. The van der Waals surface area contributed by atoms with E-state index in [0.717, 1.165) is 44.5 Å². The number of nitrogens with zero attached hydrogens (tertiary/aromatic N) is 1. The van der Waals surface area contributed by atoms with E-state index in [1.807, 2.05) is 6.92 Å². The first kappa shape index (κ1) is 14.4. The lowest BCUT2D eigenvalue weighted by Gasteiger charge is -2.31. The highest BCUT2D eigenvalue weighted by atomic mass is 16.5. The molecule has 0 radical (unpaired) electrons. The number of ether oxygens (including phenoxy) is 1. The van der Waals surface area contributed by atoms with Gasteiger partial charge in [-0.2, -0.15) is 0 Å². The molecule has 1 saturated heterocycles. The number of rotatable bonds is 6. The zero-order valence-electron chi connectivity index (χ0n) is 12.2. The quantitative estimate of drug-likeness (QED) is 0.851. The molecule has 1 aromatic carbocycles. The first-order valence-corrected chi connectivity index (χ1v) is 7.42. The fourth-order valence-electron chi connectivity index (χ4n) is 2.65. The van der Waals surface area contributed by atoms with Crippen LogP contribution in [0.3, 0.4) is 0 Å². The van der Waals surface area contributed by atoms with Crippen molar-refractivity contribution in [3.8, 4) is 5.75 Å². The summed E-state index contributed by atoms with van der Waals surface area (Å²) in [5, 5.41) is 3.42. The van der Waals surface area contributed by atoms with E-state index in [2.05, 4.69) is 41.5 Å². The predicted molar refractivity (Wildman–Crippen MR) is 79.8 cm³/mol. The number of nitrogens with one attached hydrogen (secondary N) is 1. The second-order valence-electron chi connectivity index (χ2n) is 5.29. The normalized spacial score (nSPS) is 16.8. The molecular formula is C16H26N2O. The second-order valence-corrected chi connectivity index (χ2v) is 5.29. The fraction of sp³-hybridized carbons (Fsp3) is 0.625. The van der Waals surface area contributed by atoms with Crippen LogP contribution >= 0.6 is 0 Å². The summed E-state index contributed by atoms with van der Waals surface area (Å²) in [6, 6.07) is 9.26. The monoisotopic (exact) mass is 262 g/mol. The van der Waals surface area contributed by atoms with E-state index >= 15 is 0 Å². The molecule has 3 nitrogen and oxygen atoms in total. The third kappa shape index (κ3) is 4.51. The molecule has 19 heavy (non-hydrogen) atoms. The topological polar surface area (TPSA) is 24.5 Å². The Kier molecular flexibility index (Phi) is 5.67. The lowest BCUT2D eigenvalue weighted by molar-refractivity contribution is 0.201. The van der Waals surface area contributed by atoms with Crippen molar-refractivity contribution in [2.75, 3.05) is 33.3 Å². The largest absolute Gasteiger partial charge is 0.494 e. The molecule has 0 aromatic heterocycles. The van der Waals surface area contributed by atoms with Crippen LogP contribution in [0.2, 0.25) is 0 Å². The average Bonchev–Trinajstić information content (AvgIpc) is 2.47. The molecule has 3 heteroatoms. The highest BCUT2D eigenvalue weighted by Gasteiger charge is 2.16. The zero-order chi connectivity index (χ0) is 13.5. The summed E-state index contributed by atoms with van der Waals surface area (Å²) in [6.07, 6.45) is 3.67. The maximum atomic E-state index is 5.46. The fourth-order valence-corrected chi connectivity index (χ4v) is 2.65. The number of benzene rings is 1. The van der Waals surface area contributed by atoms with Gasteiger partial charge in [-0.05, 0) is 64.0 Å². The molecule has 1 aromatic rings. The summed E-state index contributed by atoms with van der Waals surface area (Å²) in [6.45, 7) is 6.22. The van der Waals surface area contributed by atoms with E-state index in [4.69, 9.17) is 4.74 Å². The van der Waals surface area contributed by atoms with Crippen LogP contribution in [-0.2, 0) is 6.42 Å². The third-order valence-corrected chi connectivity index (χ3v) is 3.92. The van der Waals surface area contributed by atoms with Crippen molar-refractivity contribution < 1.29 is 4.74 Å². The van der Waals surface area contributed by atoms with Crippen LogP contribution in [0, 0.1) is 0 Å². The Morgan fingerprint density at radius 1 is 1.21 bits per heavy atom. The molecule has 0 unspecified atom stereocenters. The molecule has 0 aliphatic carbocycles. The molecule has 1 fully saturated rings. The van der Waals surface area contributed by atoms with Gasteiger partial charge in [0.15, 0.2) is 0 Å². The van der Waals surface area contributed by atoms with Gasteiger partial charge in [0.05, 0.1) is 6.61 Å². The van der Waals surface area contributed by atoms with E-state index in [-0.39, 0.29) is 0 Å². The molecule has 0 saturated carbocycles. The highest BCUT2D eigenvalue weighted by Crippen LogP contribution is 2.14. The minimum atomic E-state index is 0.734. The summed E-state index contributed by atoms with van der Waals surface area (Å²) in [4.78, 5) is 2.51. The molecule has 0 atom stereocenters. The molecule has 1 N–H and O–H groups in total. The lowest BCUT2D eigenvalue weighted by Crippen LogP contribution is -2.41. The van der Waals surface area contributed by atoms with E-state index in [9.17, 15) is 0 Å². The smallest absolute Gasteiger partial charge is 0.119 e. The van der Waals surface area contributed by atoms with Gasteiger partial charge in [0.1, 0.15) is 5.75 Å². The van der Waals surface area contributed by atoms with Crippen molar-refractivity contribution in [1.82, 2.24) is 10.2 Å². The van der Waals surface area contributed by atoms with Crippen molar-refractivity contribution in [3.63, 3.8) is 0 Å². The summed E-state index contributed by atoms with van der Waals surface area (Å²) in [5.74, 6) is 0.970. The average molecular weight is 262 g/mol. The van der Waals surface area contributed by atoms with Gasteiger partial charge in [0.2, 0.25) is 0 Å². The van der Waals surface area contributed by atoms with Crippen molar-refractivity contribution in [1.29, 1.82) is 0 Å². The Morgan fingerprint density at radius 2 is 1.89 bits per heavy atom. The van der Waals surface area contributed by atoms with Gasteiger partial charge in [0, 0.05) is 12.6 Å². The molecule has 2 rings (SSSR count). The molecular weight excluding hydrogens is 236 g/mol. The summed E-state index contributed by atoms with van der Waals surface area (Å²) in [7, 11) is 2.25. The van der Waals surface area contributed by atoms with Gasteiger partial charge in [-0.3, -0.25) is 0 Å². The van der Waals surface area contributed by atoms with Crippen LogP contribution in [0.1, 0.15) is 25.3 Å². The number of likely N-dealkylation sites (N-methyl/N-ethyl adjacent to an activating group) is 1. The minimum absolute atomic E-state index is 0.734. The van der Waals surface area contributed by atoms with E-state index in [1.54, 1.807) is 0 Å². The van der Waals surface area contributed by atoms with Crippen LogP contribution in [0.5, 0.6) is 5.75 Å². The van der Waals surface area contributed by atoms with E-state index in [0.29, 0.717) is 0 Å².